The molecule has 2 heterocycles. The van der Waals surface area contributed by atoms with Gasteiger partial charge in [0.15, 0.2) is 0 Å². The number of nitrogens with zero attached hydrogens (tertiary/aromatic N) is 4. The number of hydrogen-bond acceptors (Lipinski definition) is 6. The van der Waals surface area contributed by atoms with Gasteiger partial charge in [-0.1, -0.05) is 0 Å². The molecule has 8 heteroatoms. The molecule has 124 valence electrons. The monoisotopic (exact) mass is 319 g/mol. The van der Waals surface area contributed by atoms with Gasteiger partial charge in [0, 0.05) is 19.2 Å². The van der Waals surface area contributed by atoms with Crippen LogP contribution in [0.1, 0.15) is 28.4 Å². The van der Waals surface area contributed by atoms with E-state index >= 15 is 0 Å². The third kappa shape index (κ3) is 4.18. The predicted octanol–water partition coefficient (Wildman–Crippen LogP) is 1.13. The molecule has 2 aromatic heterocycles. The molecule has 0 fully saturated rings. The average Bonchev–Trinajstić information content (AvgIpc) is 2.88. The molecule has 0 saturated carbocycles. The number of carbonyl (C=O) groups is 1. The Morgan fingerprint density at radius 2 is 2.00 bits per heavy atom. The Hall–Kier alpha value is -2.64. The van der Waals surface area contributed by atoms with Crippen LogP contribution in [0.2, 0.25) is 0 Å². The van der Waals surface area contributed by atoms with Crippen LogP contribution >= 0.6 is 0 Å². The molecular formula is C15H21N5O3. The summed E-state index contributed by atoms with van der Waals surface area (Å²) in [6.07, 6.45) is 0.751. The van der Waals surface area contributed by atoms with Crippen molar-refractivity contribution >= 4 is 5.91 Å². The van der Waals surface area contributed by atoms with E-state index in [1.54, 1.807) is 12.1 Å². The van der Waals surface area contributed by atoms with Crippen LogP contribution in [0.4, 0.5) is 0 Å². The lowest BCUT2D eigenvalue weighted by Gasteiger charge is -2.10. The molecule has 0 spiro atoms. The van der Waals surface area contributed by atoms with Gasteiger partial charge in [0.2, 0.25) is 11.8 Å². The molecule has 0 atom stereocenters. The van der Waals surface area contributed by atoms with Gasteiger partial charge >= 0.3 is 0 Å². The van der Waals surface area contributed by atoms with E-state index in [2.05, 4.69) is 20.4 Å². The fourth-order valence-corrected chi connectivity index (χ4v) is 2.16. The minimum Gasteiger partial charge on any atom is -0.481 e. The number of carbonyl (C=O) groups excluding carboxylic acids is 1. The zero-order valence-corrected chi connectivity index (χ0v) is 13.8. The number of rotatable bonds is 7. The van der Waals surface area contributed by atoms with E-state index in [0.29, 0.717) is 24.5 Å². The lowest BCUT2D eigenvalue weighted by Crippen LogP contribution is -2.26. The molecule has 0 aliphatic carbocycles. The molecule has 1 N–H and O–H groups in total. The van der Waals surface area contributed by atoms with Crippen molar-refractivity contribution in [1.29, 1.82) is 0 Å². The maximum atomic E-state index is 12.2. The molecule has 8 nitrogen and oxygen atoms in total. The highest BCUT2D eigenvalue weighted by molar-refractivity contribution is 5.96. The Bertz CT molecular complexity index is 684. The molecule has 2 aromatic rings. The topological polar surface area (TPSA) is 91.2 Å². The first-order valence-electron chi connectivity index (χ1n) is 7.30. The third-order valence-electron chi connectivity index (χ3n) is 3.28. The van der Waals surface area contributed by atoms with E-state index < -0.39 is 0 Å². The summed E-state index contributed by atoms with van der Waals surface area (Å²) in [7, 11) is 2.98. The lowest BCUT2D eigenvalue weighted by atomic mass is 10.2. The third-order valence-corrected chi connectivity index (χ3v) is 3.28. The molecule has 0 bridgehead atoms. The fourth-order valence-electron chi connectivity index (χ4n) is 2.16. The normalized spacial score (nSPS) is 10.4. The fraction of sp³-hybridized carbons (Fsp3) is 0.467. The summed E-state index contributed by atoms with van der Waals surface area (Å²) >= 11 is 0. The summed E-state index contributed by atoms with van der Waals surface area (Å²) in [4.78, 5) is 20.5. The first-order chi connectivity index (χ1) is 11.0. The molecular weight excluding hydrogens is 298 g/mol. The van der Waals surface area contributed by atoms with E-state index in [9.17, 15) is 4.79 Å². The highest BCUT2D eigenvalue weighted by Crippen LogP contribution is 2.19. The van der Waals surface area contributed by atoms with E-state index in [1.807, 2.05) is 18.5 Å². The summed E-state index contributed by atoms with van der Waals surface area (Å²) < 4.78 is 12.0. The van der Waals surface area contributed by atoms with E-state index in [1.165, 1.54) is 14.2 Å². The first-order valence-corrected chi connectivity index (χ1v) is 7.30. The van der Waals surface area contributed by atoms with Gasteiger partial charge < -0.3 is 14.8 Å². The maximum Gasteiger partial charge on any atom is 0.256 e. The Morgan fingerprint density at radius 3 is 2.61 bits per heavy atom. The zero-order valence-electron chi connectivity index (χ0n) is 13.8. The van der Waals surface area contributed by atoms with Crippen LogP contribution in [0, 0.1) is 13.8 Å². The second kappa shape index (κ2) is 7.57. The van der Waals surface area contributed by atoms with Gasteiger partial charge in [0.25, 0.3) is 5.91 Å². The lowest BCUT2D eigenvalue weighted by molar-refractivity contribution is 0.0948. The number of ether oxygens (including phenoxy) is 2. The van der Waals surface area contributed by atoms with Crippen LogP contribution in [0.25, 0.3) is 0 Å². The molecule has 0 saturated heterocycles. The zero-order chi connectivity index (χ0) is 16.8. The summed E-state index contributed by atoms with van der Waals surface area (Å²) in [5, 5.41) is 7.13. The van der Waals surface area contributed by atoms with Crippen molar-refractivity contribution in [3.05, 3.63) is 29.3 Å². The molecule has 0 aliphatic rings. The predicted molar refractivity (Wildman–Crippen MR) is 83.8 cm³/mol. The average molecular weight is 319 g/mol. The second-order valence-electron chi connectivity index (χ2n) is 4.95. The number of nitrogens with one attached hydrogen (secondary N) is 1. The quantitative estimate of drug-likeness (QED) is 0.769. The van der Waals surface area contributed by atoms with Crippen molar-refractivity contribution in [3.63, 3.8) is 0 Å². The van der Waals surface area contributed by atoms with E-state index in [0.717, 1.165) is 18.1 Å². The van der Waals surface area contributed by atoms with Crippen molar-refractivity contribution in [2.75, 3.05) is 20.8 Å². The van der Waals surface area contributed by atoms with Crippen LogP contribution in [-0.2, 0) is 6.54 Å². The summed E-state index contributed by atoms with van der Waals surface area (Å²) in [6.45, 7) is 4.98. The smallest absolute Gasteiger partial charge is 0.256 e. The molecule has 23 heavy (non-hydrogen) atoms. The highest BCUT2D eigenvalue weighted by atomic mass is 16.5. The molecule has 0 radical (unpaired) electrons. The van der Waals surface area contributed by atoms with Gasteiger partial charge in [0.1, 0.15) is 17.2 Å². The Labute approximate surface area is 134 Å². The largest absolute Gasteiger partial charge is 0.481 e. The summed E-state index contributed by atoms with van der Waals surface area (Å²) in [5.41, 5.74) is 0.376. The second-order valence-corrected chi connectivity index (χ2v) is 4.95. The van der Waals surface area contributed by atoms with Crippen molar-refractivity contribution in [3.8, 4) is 11.8 Å². The van der Waals surface area contributed by atoms with Crippen molar-refractivity contribution in [2.45, 2.75) is 26.8 Å². The molecule has 2 rings (SSSR count). The molecule has 0 aromatic carbocycles. The standard InChI is InChI=1S/C15H21N5O3/c1-10-17-11(2)20(19-10)9-5-8-16-14(21)12-6-7-13(22-3)18-15(12)23-4/h6-7H,5,8-9H2,1-4H3,(H,16,21). The van der Waals surface area contributed by atoms with E-state index in [4.69, 9.17) is 9.47 Å². The Morgan fingerprint density at radius 1 is 1.22 bits per heavy atom. The molecule has 0 unspecified atom stereocenters. The number of aromatic nitrogens is 4. The number of methoxy groups -OCH3 is 2. The van der Waals surface area contributed by atoms with Crippen LogP contribution in [-0.4, -0.2) is 46.4 Å². The van der Waals surface area contributed by atoms with Gasteiger partial charge in [-0.25, -0.2) is 4.98 Å². The van der Waals surface area contributed by atoms with E-state index in [-0.39, 0.29) is 11.8 Å². The van der Waals surface area contributed by atoms with Crippen LogP contribution in [0.3, 0.4) is 0 Å². The summed E-state index contributed by atoms with van der Waals surface area (Å²) in [6, 6.07) is 3.25. The number of aryl methyl sites for hydroxylation is 3. The highest BCUT2D eigenvalue weighted by Gasteiger charge is 2.14. The maximum absolute atomic E-state index is 12.2. The van der Waals surface area contributed by atoms with Crippen LogP contribution in [0.15, 0.2) is 12.1 Å². The van der Waals surface area contributed by atoms with Gasteiger partial charge in [-0.2, -0.15) is 10.1 Å². The first kappa shape index (κ1) is 16.7. The molecule has 1 amide bonds. The van der Waals surface area contributed by atoms with Gasteiger partial charge in [-0.15, -0.1) is 0 Å². The van der Waals surface area contributed by atoms with Crippen molar-refractivity contribution in [2.24, 2.45) is 0 Å². The number of hydrogen-bond donors (Lipinski definition) is 1. The minimum absolute atomic E-state index is 0.233. The van der Waals surface area contributed by atoms with Gasteiger partial charge in [-0.05, 0) is 26.3 Å². The molecule has 0 aliphatic heterocycles. The van der Waals surface area contributed by atoms with Crippen LogP contribution < -0.4 is 14.8 Å². The van der Waals surface area contributed by atoms with Gasteiger partial charge in [-0.3, -0.25) is 9.48 Å². The number of amides is 1. The minimum atomic E-state index is -0.233. The summed E-state index contributed by atoms with van der Waals surface area (Å²) in [5.74, 6) is 2.03. The van der Waals surface area contributed by atoms with Crippen molar-refractivity contribution < 1.29 is 14.3 Å². The Balaban J connectivity index is 1.88. The number of pyridine rings is 1. The SMILES string of the molecule is COc1ccc(C(=O)NCCCn2nc(C)nc2C)c(OC)n1. The van der Waals surface area contributed by atoms with Crippen LogP contribution in [0.5, 0.6) is 11.8 Å². The van der Waals surface area contributed by atoms with Crippen molar-refractivity contribution in [1.82, 2.24) is 25.1 Å². The van der Waals surface area contributed by atoms with Gasteiger partial charge in [0.05, 0.1) is 14.2 Å². The Kier molecular flexibility index (Phi) is 5.51.